The van der Waals surface area contributed by atoms with Gasteiger partial charge in [-0.05, 0) is 12.6 Å². The molecule has 0 saturated heterocycles. The fraction of sp³-hybridized carbons (Fsp3) is 0.571. The Morgan fingerprint density at radius 3 is 2.73 bits per heavy atom. The molecule has 0 aliphatic heterocycles. The number of nitrogens with one attached hydrogen (secondary N) is 2. The van der Waals surface area contributed by atoms with Crippen molar-refractivity contribution < 1.29 is 0 Å². The molecular formula is C7H16N4. The maximum absolute atomic E-state index is 6.88. The van der Waals surface area contributed by atoms with E-state index in [1.54, 1.807) is 13.2 Å². The third-order valence-corrected chi connectivity index (χ3v) is 1.47. The van der Waals surface area contributed by atoms with Gasteiger partial charge in [0.15, 0.2) is 0 Å². The topological polar surface area (TPSA) is 87.9 Å². The van der Waals surface area contributed by atoms with Crippen LogP contribution in [0, 0.1) is 11.3 Å². The molecule has 0 saturated carbocycles. The normalized spacial score (nSPS) is 14.2. The van der Waals surface area contributed by atoms with Crippen LogP contribution in [0.25, 0.3) is 0 Å². The maximum Gasteiger partial charge on any atom is 0.0288 e. The second kappa shape index (κ2) is 5.73. The van der Waals surface area contributed by atoms with Gasteiger partial charge in [0.2, 0.25) is 0 Å². The molecule has 4 heteroatoms. The average Bonchev–Trinajstić information content (AvgIpc) is 2.00. The number of rotatable bonds is 5. The predicted molar refractivity (Wildman–Crippen MR) is 47.3 cm³/mol. The minimum atomic E-state index is 0.0972. The van der Waals surface area contributed by atoms with Gasteiger partial charge in [-0.15, -0.1) is 0 Å². The first kappa shape index (κ1) is 9.97. The fourth-order valence-corrected chi connectivity index (χ4v) is 0.795. The Bertz CT molecular complexity index is 141. The van der Waals surface area contributed by atoms with Crippen LogP contribution in [0.1, 0.15) is 6.42 Å². The first-order chi connectivity index (χ1) is 5.26. The van der Waals surface area contributed by atoms with Gasteiger partial charge in [-0.25, -0.2) is 0 Å². The van der Waals surface area contributed by atoms with E-state index < -0.39 is 0 Å². The smallest absolute Gasteiger partial charge is 0.0288 e. The van der Waals surface area contributed by atoms with Crippen molar-refractivity contribution in [2.24, 2.45) is 17.4 Å². The van der Waals surface area contributed by atoms with Crippen LogP contribution in [-0.4, -0.2) is 19.8 Å². The molecule has 11 heavy (non-hydrogen) atoms. The lowest BCUT2D eigenvalue weighted by molar-refractivity contribution is 0.642. The van der Waals surface area contributed by atoms with Crippen LogP contribution < -0.4 is 16.8 Å². The summed E-state index contributed by atoms with van der Waals surface area (Å²) >= 11 is 0. The van der Waals surface area contributed by atoms with Crippen LogP contribution in [0.3, 0.4) is 0 Å². The molecule has 0 heterocycles. The van der Waals surface area contributed by atoms with Gasteiger partial charge in [-0.1, -0.05) is 0 Å². The third kappa shape index (κ3) is 3.62. The van der Waals surface area contributed by atoms with Crippen molar-refractivity contribution in [3.8, 4) is 0 Å². The Morgan fingerprint density at radius 1 is 1.73 bits per heavy atom. The lowest BCUT2D eigenvalue weighted by atomic mass is 10.0. The molecule has 0 aromatic heterocycles. The molecule has 0 aliphatic rings. The summed E-state index contributed by atoms with van der Waals surface area (Å²) in [6, 6.07) is 0. The molecule has 0 spiro atoms. The SMILES string of the molecule is CNC=C(N)C(CN)CC=N. The largest absolute Gasteiger partial charge is 0.401 e. The van der Waals surface area contributed by atoms with Gasteiger partial charge in [0, 0.05) is 31.4 Å². The van der Waals surface area contributed by atoms with Crippen molar-refractivity contribution in [2.45, 2.75) is 6.42 Å². The minimum absolute atomic E-state index is 0.0972. The van der Waals surface area contributed by atoms with Gasteiger partial charge in [0.25, 0.3) is 0 Å². The molecule has 4 nitrogen and oxygen atoms in total. The van der Waals surface area contributed by atoms with E-state index in [-0.39, 0.29) is 5.92 Å². The second-order valence-corrected chi connectivity index (χ2v) is 2.31. The Kier molecular flexibility index (Phi) is 5.20. The predicted octanol–water partition coefficient (Wildman–Crippen LogP) is -0.380. The van der Waals surface area contributed by atoms with Crippen LogP contribution in [0.4, 0.5) is 0 Å². The summed E-state index contributed by atoms with van der Waals surface area (Å²) in [6.45, 7) is 0.486. The van der Waals surface area contributed by atoms with E-state index >= 15 is 0 Å². The molecule has 0 fully saturated rings. The second-order valence-electron chi connectivity index (χ2n) is 2.31. The molecule has 0 radical (unpaired) electrons. The number of nitrogens with two attached hydrogens (primary N) is 2. The van der Waals surface area contributed by atoms with E-state index in [0.29, 0.717) is 18.7 Å². The number of hydrogen-bond acceptors (Lipinski definition) is 4. The third-order valence-electron chi connectivity index (χ3n) is 1.47. The quantitative estimate of drug-likeness (QED) is 0.409. The molecule has 1 unspecified atom stereocenters. The van der Waals surface area contributed by atoms with Crippen molar-refractivity contribution in [2.75, 3.05) is 13.6 Å². The molecule has 0 rings (SSSR count). The van der Waals surface area contributed by atoms with Crippen LogP contribution >= 0.6 is 0 Å². The Balaban J connectivity index is 4.00. The van der Waals surface area contributed by atoms with E-state index in [4.69, 9.17) is 16.9 Å². The minimum Gasteiger partial charge on any atom is -0.401 e. The monoisotopic (exact) mass is 156 g/mol. The van der Waals surface area contributed by atoms with E-state index in [2.05, 4.69) is 5.32 Å². The summed E-state index contributed by atoms with van der Waals surface area (Å²) < 4.78 is 0. The molecule has 6 N–H and O–H groups in total. The van der Waals surface area contributed by atoms with Crippen molar-refractivity contribution in [1.82, 2.24) is 5.32 Å². The molecule has 0 aromatic rings. The van der Waals surface area contributed by atoms with Crippen molar-refractivity contribution >= 4 is 6.21 Å². The first-order valence-corrected chi connectivity index (χ1v) is 3.58. The Labute approximate surface area is 67.2 Å². The van der Waals surface area contributed by atoms with Crippen molar-refractivity contribution in [1.29, 1.82) is 5.41 Å². The Hall–Kier alpha value is -1.03. The zero-order chi connectivity index (χ0) is 8.69. The summed E-state index contributed by atoms with van der Waals surface area (Å²) in [4.78, 5) is 0. The highest BCUT2D eigenvalue weighted by molar-refractivity contribution is 5.54. The van der Waals surface area contributed by atoms with E-state index in [1.807, 2.05) is 0 Å². The Morgan fingerprint density at radius 2 is 2.36 bits per heavy atom. The summed E-state index contributed by atoms with van der Waals surface area (Å²) in [5, 5.41) is 9.70. The summed E-state index contributed by atoms with van der Waals surface area (Å²) in [7, 11) is 1.78. The molecular weight excluding hydrogens is 140 g/mol. The summed E-state index contributed by atoms with van der Waals surface area (Å²) in [5.74, 6) is 0.0972. The van der Waals surface area contributed by atoms with Gasteiger partial charge >= 0.3 is 0 Å². The summed E-state index contributed by atoms with van der Waals surface area (Å²) in [6.07, 6.45) is 3.65. The van der Waals surface area contributed by atoms with Crippen molar-refractivity contribution in [3.05, 3.63) is 11.9 Å². The van der Waals surface area contributed by atoms with Gasteiger partial charge in [-0.3, -0.25) is 0 Å². The van der Waals surface area contributed by atoms with E-state index in [9.17, 15) is 0 Å². The molecule has 1 atom stereocenters. The standard InChI is InChI=1S/C7H16N4/c1-11-5-7(10)6(4-9)2-3-8/h3,5-6,8,11H,2,4,9-10H2,1H3. The van der Waals surface area contributed by atoms with E-state index in [1.165, 1.54) is 6.21 Å². The molecule has 0 amide bonds. The number of hydrogen-bond donors (Lipinski definition) is 4. The maximum atomic E-state index is 6.88. The lowest BCUT2D eigenvalue weighted by Crippen LogP contribution is -2.23. The van der Waals surface area contributed by atoms with Crippen LogP contribution in [-0.2, 0) is 0 Å². The van der Waals surface area contributed by atoms with Gasteiger partial charge < -0.3 is 22.2 Å². The average molecular weight is 156 g/mol. The zero-order valence-electron chi connectivity index (χ0n) is 6.80. The zero-order valence-corrected chi connectivity index (χ0v) is 6.80. The van der Waals surface area contributed by atoms with Gasteiger partial charge in [0.1, 0.15) is 0 Å². The first-order valence-electron chi connectivity index (χ1n) is 3.58. The molecule has 0 bridgehead atoms. The molecule has 0 aromatic carbocycles. The highest BCUT2D eigenvalue weighted by Gasteiger charge is 2.06. The fourth-order valence-electron chi connectivity index (χ4n) is 0.795. The highest BCUT2D eigenvalue weighted by Crippen LogP contribution is 2.05. The lowest BCUT2D eigenvalue weighted by Gasteiger charge is -2.11. The summed E-state index contributed by atoms with van der Waals surface area (Å²) in [5.41, 5.74) is 11.8. The van der Waals surface area contributed by atoms with Crippen molar-refractivity contribution in [3.63, 3.8) is 0 Å². The van der Waals surface area contributed by atoms with Gasteiger partial charge in [0.05, 0.1) is 0 Å². The van der Waals surface area contributed by atoms with Crippen LogP contribution in [0.15, 0.2) is 11.9 Å². The van der Waals surface area contributed by atoms with Crippen LogP contribution in [0.5, 0.6) is 0 Å². The van der Waals surface area contributed by atoms with Gasteiger partial charge in [-0.2, -0.15) is 0 Å². The molecule has 0 aliphatic carbocycles. The van der Waals surface area contributed by atoms with Crippen LogP contribution in [0.2, 0.25) is 0 Å². The highest BCUT2D eigenvalue weighted by atomic mass is 14.8. The van der Waals surface area contributed by atoms with E-state index in [0.717, 1.165) is 0 Å². The molecule has 64 valence electrons.